The molecule has 2 aliphatic carbocycles. The molecule has 0 bridgehead atoms. The zero-order valence-corrected chi connectivity index (χ0v) is 16.9. The fourth-order valence-electron chi connectivity index (χ4n) is 4.60. The van der Waals surface area contributed by atoms with Gasteiger partial charge in [0.05, 0.1) is 18.6 Å². The van der Waals surface area contributed by atoms with Crippen molar-refractivity contribution in [2.24, 2.45) is 16.7 Å². The van der Waals surface area contributed by atoms with Gasteiger partial charge in [-0.3, -0.25) is 9.59 Å². The van der Waals surface area contributed by atoms with Crippen molar-refractivity contribution >= 4 is 11.6 Å². The minimum Gasteiger partial charge on any atom is -0.465 e. The third kappa shape index (κ3) is 3.68. The van der Waals surface area contributed by atoms with Crippen molar-refractivity contribution in [2.45, 2.75) is 71.7 Å². The summed E-state index contributed by atoms with van der Waals surface area (Å²) in [5.41, 5.74) is -0.215. The summed E-state index contributed by atoms with van der Waals surface area (Å²) < 4.78 is 6.07. The van der Waals surface area contributed by atoms with Crippen LogP contribution < -0.4 is 0 Å². The lowest BCUT2D eigenvalue weighted by Gasteiger charge is -2.44. The molecule has 7 nitrogen and oxygen atoms in total. The summed E-state index contributed by atoms with van der Waals surface area (Å²) >= 11 is 0. The van der Waals surface area contributed by atoms with Gasteiger partial charge in [0.1, 0.15) is 23.7 Å². The summed E-state index contributed by atoms with van der Waals surface area (Å²) in [6.07, 6.45) is -3.49. The number of carbonyl (C=O) groups is 2. The second-order valence-corrected chi connectivity index (χ2v) is 9.87. The summed E-state index contributed by atoms with van der Waals surface area (Å²) in [6, 6.07) is 0. The average Bonchev–Trinajstić information content (AvgIpc) is 2.55. The van der Waals surface area contributed by atoms with Crippen LogP contribution in [-0.4, -0.2) is 56.9 Å². The molecule has 0 unspecified atom stereocenters. The van der Waals surface area contributed by atoms with Crippen molar-refractivity contribution in [3.8, 4) is 0 Å². The number of carbonyl (C=O) groups excluding carboxylic acids is 2. The SMILES string of the molecule is CC1(C)CC(=O)C2=C(C1)OC1=C(C(=O)CC(C)(C)C1)C2[C@H](O)[C@@H](O)[C@H](O)CO. The lowest BCUT2D eigenvalue weighted by atomic mass is 9.65. The monoisotopic (exact) mass is 394 g/mol. The Kier molecular flexibility index (Phi) is 5.34. The topological polar surface area (TPSA) is 124 Å². The van der Waals surface area contributed by atoms with Gasteiger partial charge < -0.3 is 25.2 Å². The van der Waals surface area contributed by atoms with E-state index in [9.17, 15) is 24.9 Å². The molecule has 3 aliphatic rings. The molecule has 28 heavy (non-hydrogen) atoms. The molecule has 4 N–H and O–H groups in total. The van der Waals surface area contributed by atoms with E-state index in [4.69, 9.17) is 9.84 Å². The van der Waals surface area contributed by atoms with Gasteiger partial charge in [-0.25, -0.2) is 0 Å². The first kappa shape index (κ1) is 21.2. The molecule has 3 atom stereocenters. The first-order valence-electron chi connectivity index (χ1n) is 9.72. The van der Waals surface area contributed by atoms with E-state index >= 15 is 0 Å². The van der Waals surface area contributed by atoms with Gasteiger partial charge in [0.15, 0.2) is 11.6 Å². The maximum atomic E-state index is 13.0. The molecule has 0 aromatic heterocycles. The van der Waals surface area contributed by atoms with Crippen LogP contribution in [0.1, 0.15) is 53.4 Å². The minimum atomic E-state index is -1.71. The number of allylic oxidation sites excluding steroid dienone is 2. The van der Waals surface area contributed by atoms with Crippen molar-refractivity contribution in [3.05, 3.63) is 22.7 Å². The Bertz CT molecular complexity index is 707. The van der Waals surface area contributed by atoms with Crippen LogP contribution in [0.25, 0.3) is 0 Å². The highest BCUT2D eigenvalue weighted by Gasteiger charge is 2.51. The van der Waals surface area contributed by atoms with Gasteiger partial charge in [-0.2, -0.15) is 0 Å². The number of rotatable bonds is 4. The molecule has 0 fully saturated rings. The number of ether oxygens (including phenoxy) is 1. The lowest BCUT2D eigenvalue weighted by molar-refractivity contribution is -0.125. The van der Waals surface area contributed by atoms with E-state index in [0.717, 1.165) is 0 Å². The Labute approximate surface area is 164 Å². The molecule has 7 heteroatoms. The van der Waals surface area contributed by atoms with Crippen LogP contribution in [0.5, 0.6) is 0 Å². The molecular weight excluding hydrogens is 364 g/mol. The van der Waals surface area contributed by atoms with E-state index in [-0.39, 0.29) is 46.4 Å². The van der Waals surface area contributed by atoms with Crippen LogP contribution in [0.3, 0.4) is 0 Å². The van der Waals surface area contributed by atoms with E-state index < -0.39 is 30.8 Å². The maximum Gasteiger partial charge on any atom is 0.163 e. The quantitative estimate of drug-likeness (QED) is 0.560. The normalized spacial score (nSPS) is 27.7. The van der Waals surface area contributed by atoms with Gasteiger partial charge in [0.25, 0.3) is 0 Å². The molecular formula is C21H30O7. The molecule has 0 spiro atoms. The summed E-state index contributed by atoms with van der Waals surface area (Å²) in [4.78, 5) is 25.9. The van der Waals surface area contributed by atoms with Gasteiger partial charge >= 0.3 is 0 Å². The summed E-state index contributed by atoms with van der Waals surface area (Å²) in [6.45, 7) is 7.06. The Hall–Kier alpha value is -1.54. The van der Waals surface area contributed by atoms with E-state index in [2.05, 4.69) is 0 Å². The van der Waals surface area contributed by atoms with Gasteiger partial charge in [-0.15, -0.1) is 0 Å². The van der Waals surface area contributed by atoms with E-state index in [1.54, 1.807) is 0 Å². The smallest absolute Gasteiger partial charge is 0.163 e. The second kappa shape index (κ2) is 7.06. The van der Waals surface area contributed by atoms with Crippen LogP contribution in [0, 0.1) is 16.7 Å². The average molecular weight is 394 g/mol. The zero-order chi connectivity index (χ0) is 21.0. The highest BCUT2D eigenvalue weighted by molar-refractivity contribution is 6.04. The van der Waals surface area contributed by atoms with Crippen molar-refractivity contribution in [2.75, 3.05) is 6.61 Å². The van der Waals surface area contributed by atoms with Crippen LogP contribution in [-0.2, 0) is 14.3 Å². The third-order valence-electron chi connectivity index (χ3n) is 5.90. The standard InChI is InChI=1S/C21H30O7/c1-20(2)5-10(23)15-13(7-20)28-14-8-21(3,4)6-11(24)16(14)17(15)19(27)18(26)12(25)9-22/h12,17-19,22,25-27H,5-9H2,1-4H3/t12-,18+,19+/m1/s1. The van der Waals surface area contributed by atoms with Crippen molar-refractivity contribution in [3.63, 3.8) is 0 Å². The van der Waals surface area contributed by atoms with Crippen LogP contribution in [0.15, 0.2) is 22.7 Å². The molecule has 0 saturated heterocycles. The largest absolute Gasteiger partial charge is 0.465 e. The molecule has 0 aromatic rings. The van der Waals surface area contributed by atoms with Gasteiger partial charge in [-0.1, -0.05) is 27.7 Å². The zero-order valence-electron chi connectivity index (χ0n) is 16.9. The van der Waals surface area contributed by atoms with Crippen molar-refractivity contribution < 1.29 is 34.8 Å². The Balaban J connectivity index is 2.12. The van der Waals surface area contributed by atoms with E-state index in [0.29, 0.717) is 24.4 Å². The number of hydrogen-bond acceptors (Lipinski definition) is 7. The molecule has 0 amide bonds. The summed E-state index contributed by atoms with van der Waals surface area (Å²) in [5.74, 6) is -0.669. The highest BCUT2D eigenvalue weighted by atomic mass is 16.5. The van der Waals surface area contributed by atoms with Gasteiger partial charge in [-0.05, 0) is 10.8 Å². The molecule has 1 aliphatic heterocycles. The first-order valence-corrected chi connectivity index (χ1v) is 9.72. The Morgan fingerprint density at radius 1 is 0.893 bits per heavy atom. The summed E-state index contributed by atoms with van der Waals surface area (Å²) in [5, 5.41) is 40.2. The Morgan fingerprint density at radius 2 is 1.32 bits per heavy atom. The predicted molar refractivity (Wildman–Crippen MR) is 99.8 cm³/mol. The number of hydrogen-bond donors (Lipinski definition) is 4. The fourth-order valence-corrected chi connectivity index (χ4v) is 4.60. The molecule has 0 radical (unpaired) electrons. The third-order valence-corrected chi connectivity index (χ3v) is 5.90. The van der Waals surface area contributed by atoms with E-state index in [1.807, 2.05) is 27.7 Å². The second-order valence-electron chi connectivity index (χ2n) is 9.87. The molecule has 156 valence electrons. The van der Waals surface area contributed by atoms with Crippen molar-refractivity contribution in [1.29, 1.82) is 0 Å². The van der Waals surface area contributed by atoms with Crippen molar-refractivity contribution in [1.82, 2.24) is 0 Å². The lowest BCUT2D eigenvalue weighted by Crippen LogP contribution is -2.49. The molecule has 3 rings (SSSR count). The highest BCUT2D eigenvalue weighted by Crippen LogP contribution is 2.51. The number of aliphatic hydroxyl groups is 4. The van der Waals surface area contributed by atoms with E-state index in [1.165, 1.54) is 0 Å². The first-order chi connectivity index (χ1) is 12.9. The van der Waals surface area contributed by atoms with Gasteiger partial charge in [0.2, 0.25) is 0 Å². The van der Waals surface area contributed by atoms with Crippen LogP contribution >= 0.6 is 0 Å². The Morgan fingerprint density at radius 3 is 1.71 bits per heavy atom. The molecule has 0 saturated carbocycles. The molecule has 1 heterocycles. The maximum absolute atomic E-state index is 13.0. The molecule has 0 aromatic carbocycles. The van der Waals surface area contributed by atoms with Gasteiger partial charge in [0, 0.05) is 36.8 Å². The van der Waals surface area contributed by atoms with Crippen LogP contribution in [0.4, 0.5) is 0 Å². The number of aliphatic hydroxyl groups excluding tert-OH is 4. The fraction of sp³-hybridized carbons (Fsp3) is 0.714. The summed E-state index contributed by atoms with van der Waals surface area (Å²) in [7, 11) is 0. The minimum absolute atomic E-state index is 0.211. The van der Waals surface area contributed by atoms with Crippen LogP contribution in [0.2, 0.25) is 0 Å². The predicted octanol–water partition coefficient (Wildman–Crippen LogP) is 0.994. The number of ketones is 2. The number of Topliss-reactive ketones (excluding diaryl/α,β-unsaturated/α-hetero) is 2.